The maximum Gasteiger partial charge on any atom is 0.317 e. The number of benzene rings is 1. The second-order valence-corrected chi connectivity index (χ2v) is 9.06. The molecule has 2 saturated heterocycles. The summed E-state index contributed by atoms with van der Waals surface area (Å²) in [6.45, 7) is 1.24. The van der Waals surface area contributed by atoms with Gasteiger partial charge >= 0.3 is 6.03 Å². The number of piperidine rings is 1. The fourth-order valence-electron chi connectivity index (χ4n) is 3.57. The molecule has 1 N–H and O–H groups in total. The van der Waals surface area contributed by atoms with Crippen LogP contribution in [0.25, 0.3) is 11.1 Å². The fourth-order valence-corrected chi connectivity index (χ4v) is 5.24. The number of oxazole rings is 1. The number of carbonyl (C=O) groups excluding carboxylic acids is 1. The Morgan fingerprint density at radius 2 is 1.96 bits per heavy atom. The number of carbonyl (C=O) groups is 1. The van der Waals surface area contributed by atoms with Gasteiger partial charge in [0, 0.05) is 25.0 Å². The zero-order chi connectivity index (χ0) is 17.4. The Labute approximate surface area is 146 Å². The largest absolute Gasteiger partial charge is 0.440 e. The lowest BCUT2D eigenvalue weighted by Gasteiger charge is -2.31. The number of urea groups is 1. The van der Waals surface area contributed by atoms with E-state index in [-0.39, 0.29) is 29.5 Å². The summed E-state index contributed by atoms with van der Waals surface area (Å²) in [5, 5.41) is 2.85. The molecule has 2 aliphatic heterocycles. The van der Waals surface area contributed by atoms with Crippen molar-refractivity contribution in [3.8, 4) is 0 Å². The van der Waals surface area contributed by atoms with E-state index in [2.05, 4.69) is 10.3 Å². The number of fused-ring (bicyclic) bond motifs is 1. The Morgan fingerprint density at radius 3 is 2.64 bits per heavy atom. The van der Waals surface area contributed by atoms with E-state index >= 15 is 0 Å². The first kappa shape index (κ1) is 16.4. The fraction of sp³-hybridized carbons (Fsp3) is 0.529. The molecule has 134 valence electrons. The lowest BCUT2D eigenvalue weighted by Crippen LogP contribution is -2.48. The molecule has 8 heteroatoms. The standard InChI is InChI=1S/C17H21N3O4S/c21-17(18-13-7-10-25(22,23)11-13)20-8-5-12(6-9-20)16-19-14-3-1-2-4-15(14)24-16/h1-4,12-13H,5-11H2,(H,18,21). The van der Waals surface area contributed by atoms with E-state index in [0.717, 1.165) is 29.8 Å². The van der Waals surface area contributed by atoms with Gasteiger partial charge in [-0.15, -0.1) is 0 Å². The molecule has 7 nitrogen and oxygen atoms in total. The highest BCUT2D eigenvalue weighted by Gasteiger charge is 2.32. The highest BCUT2D eigenvalue weighted by Crippen LogP contribution is 2.30. The summed E-state index contributed by atoms with van der Waals surface area (Å²) in [6, 6.07) is 7.27. The molecule has 1 atom stereocenters. The van der Waals surface area contributed by atoms with Gasteiger partial charge in [0.1, 0.15) is 5.52 Å². The van der Waals surface area contributed by atoms with Crippen LogP contribution in [0.4, 0.5) is 4.79 Å². The van der Waals surface area contributed by atoms with Gasteiger partial charge in [0.25, 0.3) is 0 Å². The number of likely N-dealkylation sites (tertiary alicyclic amines) is 1. The van der Waals surface area contributed by atoms with Crippen molar-refractivity contribution in [2.24, 2.45) is 0 Å². The summed E-state index contributed by atoms with van der Waals surface area (Å²) in [5.74, 6) is 1.17. The van der Waals surface area contributed by atoms with Crippen LogP contribution < -0.4 is 5.32 Å². The van der Waals surface area contributed by atoms with Crippen molar-refractivity contribution in [3.05, 3.63) is 30.2 Å². The van der Waals surface area contributed by atoms with E-state index in [9.17, 15) is 13.2 Å². The van der Waals surface area contributed by atoms with E-state index < -0.39 is 9.84 Å². The van der Waals surface area contributed by atoms with Gasteiger partial charge in [-0.25, -0.2) is 18.2 Å². The Hall–Kier alpha value is -2.09. The molecule has 1 aromatic carbocycles. The van der Waals surface area contributed by atoms with E-state index in [1.807, 2.05) is 24.3 Å². The molecule has 2 aliphatic rings. The maximum absolute atomic E-state index is 12.3. The summed E-state index contributed by atoms with van der Waals surface area (Å²) in [7, 11) is -2.98. The predicted octanol–water partition coefficient (Wildman–Crippen LogP) is 1.90. The summed E-state index contributed by atoms with van der Waals surface area (Å²) >= 11 is 0. The minimum atomic E-state index is -2.98. The Kier molecular flexibility index (Phi) is 4.15. The lowest BCUT2D eigenvalue weighted by molar-refractivity contribution is 0.175. The maximum atomic E-state index is 12.3. The molecule has 2 fully saturated rings. The number of hydrogen-bond acceptors (Lipinski definition) is 5. The zero-order valence-electron chi connectivity index (χ0n) is 13.8. The summed E-state index contributed by atoms with van der Waals surface area (Å²) in [6.07, 6.45) is 2.10. The number of sulfone groups is 1. The monoisotopic (exact) mass is 363 g/mol. The normalized spacial score (nSPS) is 23.8. The Morgan fingerprint density at radius 1 is 1.20 bits per heavy atom. The van der Waals surface area contributed by atoms with Gasteiger partial charge < -0.3 is 14.6 Å². The smallest absolute Gasteiger partial charge is 0.317 e. The van der Waals surface area contributed by atoms with Crippen LogP contribution in [0.15, 0.2) is 28.7 Å². The zero-order valence-corrected chi connectivity index (χ0v) is 14.7. The number of nitrogens with one attached hydrogen (secondary N) is 1. The van der Waals surface area contributed by atoms with Gasteiger partial charge in [-0.05, 0) is 31.4 Å². The number of para-hydroxylation sites is 2. The van der Waals surface area contributed by atoms with Crippen LogP contribution in [0.3, 0.4) is 0 Å². The molecular formula is C17H21N3O4S. The van der Waals surface area contributed by atoms with Crippen LogP contribution in [0.5, 0.6) is 0 Å². The van der Waals surface area contributed by atoms with Crippen LogP contribution in [0.2, 0.25) is 0 Å². The van der Waals surface area contributed by atoms with Crippen molar-refractivity contribution >= 4 is 27.0 Å². The van der Waals surface area contributed by atoms with E-state index in [1.165, 1.54) is 0 Å². The van der Waals surface area contributed by atoms with Crippen molar-refractivity contribution in [1.29, 1.82) is 0 Å². The molecule has 0 aliphatic carbocycles. The van der Waals surface area contributed by atoms with Gasteiger partial charge in [-0.2, -0.15) is 0 Å². The van der Waals surface area contributed by atoms with Gasteiger partial charge in [0.15, 0.2) is 21.3 Å². The molecule has 3 heterocycles. The highest BCUT2D eigenvalue weighted by atomic mass is 32.2. The number of rotatable bonds is 2. The van der Waals surface area contributed by atoms with Gasteiger partial charge in [-0.3, -0.25) is 0 Å². The number of amides is 2. The molecule has 4 rings (SSSR count). The quantitative estimate of drug-likeness (QED) is 0.880. The molecule has 0 saturated carbocycles. The van der Waals surface area contributed by atoms with Crippen molar-refractivity contribution in [3.63, 3.8) is 0 Å². The van der Waals surface area contributed by atoms with Crippen molar-refractivity contribution in [2.75, 3.05) is 24.6 Å². The summed E-state index contributed by atoms with van der Waals surface area (Å²) < 4.78 is 28.8. The third-order valence-electron chi connectivity index (χ3n) is 5.00. The Bertz CT molecular complexity index is 851. The number of hydrogen-bond donors (Lipinski definition) is 1. The first-order chi connectivity index (χ1) is 12.0. The third kappa shape index (κ3) is 3.49. The second-order valence-electron chi connectivity index (χ2n) is 6.83. The SMILES string of the molecule is O=C(NC1CCS(=O)(=O)C1)N1CCC(c2nc3ccccc3o2)CC1. The summed E-state index contributed by atoms with van der Waals surface area (Å²) in [4.78, 5) is 18.6. The van der Waals surface area contributed by atoms with Crippen molar-refractivity contribution in [1.82, 2.24) is 15.2 Å². The van der Waals surface area contributed by atoms with E-state index in [4.69, 9.17) is 4.42 Å². The minimum absolute atomic E-state index is 0.0537. The average Bonchev–Trinajstić information content (AvgIpc) is 3.18. The van der Waals surface area contributed by atoms with Crippen LogP contribution in [0, 0.1) is 0 Å². The third-order valence-corrected chi connectivity index (χ3v) is 6.77. The molecule has 0 radical (unpaired) electrons. The van der Waals surface area contributed by atoms with Gasteiger partial charge in [0.2, 0.25) is 0 Å². The molecule has 1 unspecified atom stereocenters. The first-order valence-corrected chi connectivity index (χ1v) is 10.4. The molecule has 2 amide bonds. The molecule has 0 spiro atoms. The average molecular weight is 363 g/mol. The van der Waals surface area contributed by atoms with E-state index in [1.54, 1.807) is 4.90 Å². The van der Waals surface area contributed by atoms with E-state index in [0.29, 0.717) is 19.5 Å². The second kappa shape index (κ2) is 6.33. The van der Waals surface area contributed by atoms with Gasteiger partial charge in [-0.1, -0.05) is 12.1 Å². The van der Waals surface area contributed by atoms with Crippen LogP contribution in [-0.4, -0.2) is 55.0 Å². The highest BCUT2D eigenvalue weighted by molar-refractivity contribution is 7.91. The molecule has 1 aromatic heterocycles. The van der Waals surface area contributed by atoms with Crippen LogP contribution in [-0.2, 0) is 9.84 Å². The van der Waals surface area contributed by atoms with Crippen molar-refractivity contribution < 1.29 is 17.6 Å². The number of aromatic nitrogens is 1. The van der Waals surface area contributed by atoms with Crippen molar-refractivity contribution in [2.45, 2.75) is 31.2 Å². The predicted molar refractivity (Wildman–Crippen MR) is 93.1 cm³/mol. The molecular weight excluding hydrogens is 342 g/mol. The Balaban J connectivity index is 1.34. The first-order valence-electron chi connectivity index (χ1n) is 8.61. The molecule has 2 aromatic rings. The topological polar surface area (TPSA) is 92.5 Å². The summed E-state index contributed by atoms with van der Waals surface area (Å²) in [5.41, 5.74) is 1.65. The molecule has 25 heavy (non-hydrogen) atoms. The molecule has 0 bridgehead atoms. The number of nitrogens with zero attached hydrogens (tertiary/aromatic N) is 2. The van der Waals surface area contributed by atoms with Crippen LogP contribution in [0.1, 0.15) is 31.1 Å². The van der Waals surface area contributed by atoms with Gasteiger partial charge in [0.05, 0.1) is 11.5 Å². The van der Waals surface area contributed by atoms with Crippen LogP contribution >= 0.6 is 0 Å². The minimum Gasteiger partial charge on any atom is -0.440 e. The lowest BCUT2D eigenvalue weighted by atomic mass is 9.97.